The van der Waals surface area contributed by atoms with Crippen LogP contribution in [0.4, 0.5) is 0 Å². The first-order valence-corrected chi connectivity index (χ1v) is 5.90. The molecule has 1 aromatic carbocycles. The first kappa shape index (κ1) is 10.1. The van der Waals surface area contributed by atoms with Gasteiger partial charge in [0.25, 0.3) is 0 Å². The van der Waals surface area contributed by atoms with Crippen LogP contribution in [0, 0.1) is 0 Å². The van der Waals surface area contributed by atoms with Crippen molar-refractivity contribution in [3.63, 3.8) is 0 Å². The molecule has 0 bridgehead atoms. The highest BCUT2D eigenvalue weighted by molar-refractivity contribution is 5.37. The van der Waals surface area contributed by atoms with Crippen LogP contribution in [-0.4, -0.2) is 17.5 Å². The number of ether oxygens (including phenoxy) is 2. The SMILES string of the molecule is OC[C@H]1OC2(CCCC2)Oc2ccccc21. The lowest BCUT2D eigenvalue weighted by molar-refractivity contribution is -0.232. The number of benzene rings is 1. The van der Waals surface area contributed by atoms with E-state index in [0.717, 1.165) is 37.0 Å². The van der Waals surface area contributed by atoms with Crippen LogP contribution < -0.4 is 4.74 Å². The lowest BCUT2D eigenvalue weighted by atomic mass is 10.1. The van der Waals surface area contributed by atoms with Crippen molar-refractivity contribution < 1.29 is 14.6 Å². The van der Waals surface area contributed by atoms with Crippen molar-refractivity contribution in [1.82, 2.24) is 0 Å². The molecule has 1 fully saturated rings. The maximum Gasteiger partial charge on any atom is 0.211 e. The lowest BCUT2D eigenvalue weighted by Crippen LogP contribution is -2.41. The maximum absolute atomic E-state index is 9.40. The normalized spacial score (nSPS) is 26.4. The quantitative estimate of drug-likeness (QED) is 0.789. The molecule has 16 heavy (non-hydrogen) atoms. The van der Waals surface area contributed by atoms with E-state index in [-0.39, 0.29) is 12.7 Å². The minimum Gasteiger partial charge on any atom is -0.462 e. The van der Waals surface area contributed by atoms with Crippen LogP contribution in [0.25, 0.3) is 0 Å². The lowest BCUT2D eigenvalue weighted by Gasteiger charge is -2.39. The summed E-state index contributed by atoms with van der Waals surface area (Å²) in [5.74, 6) is 0.400. The average molecular weight is 220 g/mol. The van der Waals surface area contributed by atoms with Gasteiger partial charge in [0.05, 0.1) is 6.61 Å². The average Bonchev–Trinajstić information content (AvgIpc) is 2.76. The predicted octanol–water partition coefficient (Wildman–Crippen LogP) is 2.40. The summed E-state index contributed by atoms with van der Waals surface area (Å²) in [7, 11) is 0. The molecule has 1 N–H and O–H groups in total. The van der Waals surface area contributed by atoms with E-state index >= 15 is 0 Å². The summed E-state index contributed by atoms with van der Waals surface area (Å²) in [6.45, 7) is 0.0160. The van der Waals surface area contributed by atoms with E-state index in [1.165, 1.54) is 0 Å². The van der Waals surface area contributed by atoms with E-state index in [4.69, 9.17) is 9.47 Å². The standard InChI is InChI=1S/C13H16O3/c14-9-12-10-5-1-2-6-11(10)15-13(16-12)7-3-4-8-13/h1-2,5-6,12,14H,3-4,7-9H2/t12-/m1/s1. The Labute approximate surface area is 95.0 Å². The van der Waals surface area contributed by atoms with Gasteiger partial charge in [0.1, 0.15) is 11.9 Å². The third kappa shape index (κ3) is 1.51. The van der Waals surface area contributed by atoms with Crippen LogP contribution in [0.1, 0.15) is 37.4 Å². The summed E-state index contributed by atoms with van der Waals surface area (Å²) in [6.07, 6.45) is 3.90. The van der Waals surface area contributed by atoms with Crippen LogP contribution in [0.5, 0.6) is 5.75 Å². The molecule has 3 nitrogen and oxygen atoms in total. The van der Waals surface area contributed by atoms with Gasteiger partial charge in [-0.25, -0.2) is 0 Å². The molecule has 0 saturated heterocycles. The second-order valence-electron chi connectivity index (χ2n) is 4.55. The molecule has 86 valence electrons. The highest BCUT2D eigenvalue weighted by Gasteiger charge is 2.43. The van der Waals surface area contributed by atoms with Crippen LogP contribution in [0.15, 0.2) is 24.3 Å². The Morgan fingerprint density at radius 3 is 2.75 bits per heavy atom. The number of hydrogen-bond acceptors (Lipinski definition) is 3. The fourth-order valence-corrected chi connectivity index (χ4v) is 2.66. The smallest absolute Gasteiger partial charge is 0.211 e. The van der Waals surface area contributed by atoms with Crippen molar-refractivity contribution in [2.75, 3.05) is 6.61 Å². The molecule has 1 spiro atoms. The molecular weight excluding hydrogens is 204 g/mol. The van der Waals surface area contributed by atoms with E-state index in [9.17, 15) is 5.11 Å². The molecule has 1 aliphatic heterocycles. The topological polar surface area (TPSA) is 38.7 Å². The molecule has 1 saturated carbocycles. The Balaban J connectivity index is 1.98. The largest absolute Gasteiger partial charge is 0.462 e. The predicted molar refractivity (Wildman–Crippen MR) is 59.2 cm³/mol. The van der Waals surface area contributed by atoms with Crippen molar-refractivity contribution in [2.24, 2.45) is 0 Å². The fraction of sp³-hybridized carbons (Fsp3) is 0.538. The van der Waals surface area contributed by atoms with Crippen molar-refractivity contribution in [2.45, 2.75) is 37.6 Å². The molecule has 0 aromatic heterocycles. The summed E-state index contributed by atoms with van der Waals surface area (Å²) in [5, 5.41) is 9.40. The van der Waals surface area contributed by atoms with Crippen LogP contribution in [-0.2, 0) is 4.74 Å². The van der Waals surface area contributed by atoms with Crippen LogP contribution in [0.2, 0.25) is 0 Å². The monoisotopic (exact) mass is 220 g/mol. The number of para-hydroxylation sites is 1. The van der Waals surface area contributed by atoms with Gasteiger partial charge < -0.3 is 14.6 Å². The van der Waals surface area contributed by atoms with Gasteiger partial charge in [0.15, 0.2) is 0 Å². The molecule has 3 heteroatoms. The molecule has 1 heterocycles. The Morgan fingerprint density at radius 1 is 1.25 bits per heavy atom. The molecule has 3 rings (SSSR count). The summed E-state index contributed by atoms with van der Waals surface area (Å²) in [6, 6.07) is 7.82. The maximum atomic E-state index is 9.40. The number of fused-ring (bicyclic) bond motifs is 1. The third-order valence-electron chi connectivity index (χ3n) is 3.45. The van der Waals surface area contributed by atoms with E-state index in [2.05, 4.69) is 0 Å². The number of hydrogen-bond donors (Lipinski definition) is 1. The first-order chi connectivity index (χ1) is 7.83. The van der Waals surface area contributed by atoms with E-state index in [0.29, 0.717) is 0 Å². The first-order valence-electron chi connectivity index (χ1n) is 5.90. The highest BCUT2D eigenvalue weighted by Crippen LogP contribution is 2.45. The summed E-state index contributed by atoms with van der Waals surface area (Å²) >= 11 is 0. The molecule has 0 unspecified atom stereocenters. The zero-order chi connectivity index (χ0) is 11.0. The highest BCUT2D eigenvalue weighted by atomic mass is 16.7. The van der Waals surface area contributed by atoms with Gasteiger partial charge in [0.2, 0.25) is 5.79 Å². The van der Waals surface area contributed by atoms with Gasteiger partial charge in [-0.15, -0.1) is 0 Å². The molecule has 1 aromatic rings. The fourth-order valence-electron chi connectivity index (χ4n) is 2.66. The molecule has 0 amide bonds. The van der Waals surface area contributed by atoms with Gasteiger partial charge in [-0.05, 0) is 18.9 Å². The summed E-state index contributed by atoms with van der Waals surface area (Å²) in [5.41, 5.74) is 0.961. The molecule has 0 radical (unpaired) electrons. The second kappa shape index (κ2) is 3.75. The van der Waals surface area contributed by atoms with Crippen molar-refractivity contribution in [3.05, 3.63) is 29.8 Å². The number of aliphatic hydroxyl groups is 1. The minimum absolute atomic E-state index is 0.0160. The van der Waals surface area contributed by atoms with E-state index in [1.807, 2.05) is 24.3 Å². The Morgan fingerprint density at radius 2 is 2.00 bits per heavy atom. The molecular formula is C13H16O3. The van der Waals surface area contributed by atoms with Crippen LogP contribution >= 0.6 is 0 Å². The Hall–Kier alpha value is -1.06. The third-order valence-corrected chi connectivity index (χ3v) is 3.45. The number of aliphatic hydroxyl groups excluding tert-OH is 1. The Kier molecular flexibility index (Phi) is 2.37. The summed E-state index contributed by atoms with van der Waals surface area (Å²) in [4.78, 5) is 0. The van der Waals surface area contributed by atoms with Gasteiger partial charge in [-0.2, -0.15) is 0 Å². The minimum atomic E-state index is -0.470. The van der Waals surface area contributed by atoms with Gasteiger partial charge in [-0.1, -0.05) is 18.2 Å². The zero-order valence-corrected chi connectivity index (χ0v) is 9.19. The second-order valence-corrected chi connectivity index (χ2v) is 4.55. The summed E-state index contributed by atoms with van der Waals surface area (Å²) < 4.78 is 11.9. The van der Waals surface area contributed by atoms with Crippen molar-refractivity contribution in [3.8, 4) is 5.75 Å². The molecule has 2 aliphatic rings. The molecule has 1 aliphatic carbocycles. The molecule has 1 atom stereocenters. The van der Waals surface area contributed by atoms with E-state index < -0.39 is 5.79 Å². The van der Waals surface area contributed by atoms with Crippen molar-refractivity contribution in [1.29, 1.82) is 0 Å². The van der Waals surface area contributed by atoms with Gasteiger partial charge in [-0.3, -0.25) is 0 Å². The number of rotatable bonds is 1. The Bertz CT molecular complexity index is 383. The van der Waals surface area contributed by atoms with Gasteiger partial charge >= 0.3 is 0 Å². The zero-order valence-electron chi connectivity index (χ0n) is 9.19. The van der Waals surface area contributed by atoms with Crippen molar-refractivity contribution >= 4 is 0 Å². The van der Waals surface area contributed by atoms with Crippen LogP contribution in [0.3, 0.4) is 0 Å². The van der Waals surface area contributed by atoms with E-state index in [1.54, 1.807) is 0 Å². The van der Waals surface area contributed by atoms with Gasteiger partial charge in [0, 0.05) is 18.4 Å².